The van der Waals surface area contributed by atoms with Gasteiger partial charge in [0.05, 0.1) is 0 Å². The smallest absolute Gasteiger partial charge is 0.225 e. The number of carbonyl (C=O) groups is 1. The minimum atomic E-state index is 0. The van der Waals surface area contributed by atoms with Gasteiger partial charge in [-0.15, -0.1) is 0 Å². The van der Waals surface area contributed by atoms with Gasteiger partial charge >= 0.3 is 0 Å². The molecule has 0 aliphatic carbocycles. The monoisotopic (exact) mass is 473 g/mol. The lowest BCUT2D eigenvalue weighted by molar-refractivity contribution is -0.131. The van der Waals surface area contributed by atoms with Gasteiger partial charge in [0.15, 0.2) is 0 Å². The summed E-state index contributed by atoms with van der Waals surface area (Å²) in [5, 5.41) is 0. The van der Waals surface area contributed by atoms with Crippen molar-refractivity contribution in [2.45, 2.75) is 52.9 Å². The molecule has 1 saturated heterocycles. The average Bonchev–Trinajstić information content (AvgIpc) is 3.27. The van der Waals surface area contributed by atoms with E-state index < -0.39 is 0 Å². The first kappa shape index (κ1) is 29.9. The number of nitrogens with zero attached hydrogens (tertiary/aromatic N) is 1. The first-order valence-corrected chi connectivity index (χ1v) is 12.7. The molecule has 0 saturated carbocycles. The zero-order chi connectivity index (χ0) is 24.8. The molecule has 1 unspecified atom stereocenters. The Balaban J connectivity index is 0.000000430. The molecular formula is C32H43NO2. The Morgan fingerprint density at radius 1 is 0.886 bits per heavy atom. The maximum absolute atomic E-state index is 12.3. The van der Waals surface area contributed by atoms with E-state index in [1.807, 2.05) is 39.0 Å². The van der Waals surface area contributed by atoms with Gasteiger partial charge in [-0.3, -0.25) is 4.79 Å². The van der Waals surface area contributed by atoms with Crippen molar-refractivity contribution in [1.29, 1.82) is 0 Å². The summed E-state index contributed by atoms with van der Waals surface area (Å²) in [5.41, 5.74) is 5.00. The van der Waals surface area contributed by atoms with Crippen LogP contribution in [0.4, 0.5) is 0 Å². The SMILES string of the molecule is C=C(C)c1ccccc1.CC.CCC1CCN(CCC(c2ccccc2)c2ccccc2)C1=O.O. The fourth-order valence-electron chi connectivity index (χ4n) is 4.31. The number of likely N-dealkylation sites (tertiary alicyclic amines) is 1. The summed E-state index contributed by atoms with van der Waals surface area (Å²) >= 11 is 0. The summed E-state index contributed by atoms with van der Waals surface area (Å²) < 4.78 is 0. The third-order valence-electron chi connectivity index (χ3n) is 6.26. The average molecular weight is 474 g/mol. The highest BCUT2D eigenvalue weighted by atomic mass is 16.2. The Labute approximate surface area is 212 Å². The maximum atomic E-state index is 12.3. The second-order valence-corrected chi connectivity index (χ2v) is 8.53. The molecule has 1 heterocycles. The number of amides is 1. The van der Waals surface area contributed by atoms with E-state index in [2.05, 4.69) is 91.2 Å². The first-order chi connectivity index (χ1) is 16.6. The highest BCUT2D eigenvalue weighted by molar-refractivity contribution is 5.80. The lowest BCUT2D eigenvalue weighted by Gasteiger charge is -2.22. The number of hydrogen-bond acceptors (Lipinski definition) is 1. The Morgan fingerprint density at radius 3 is 1.71 bits per heavy atom. The van der Waals surface area contributed by atoms with E-state index in [0.717, 1.165) is 37.9 Å². The van der Waals surface area contributed by atoms with E-state index in [1.54, 1.807) is 0 Å². The topological polar surface area (TPSA) is 51.8 Å². The van der Waals surface area contributed by atoms with Crippen LogP contribution in [0.15, 0.2) is 97.6 Å². The van der Waals surface area contributed by atoms with Crippen molar-refractivity contribution in [1.82, 2.24) is 4.90 Å². The molecule has 188 valence electrons. The predicted octanol–water partition coefficient (Wildman–Crippen LogP) is 7.39. The Bertz CT molecular complexity index is 931. The standard InChI is InChI=1S/C21H25NO.C9H10.C2H6.H2O/c1-2-17-13-15-22(21(17)23)16-14-20(18-9-5-3-6-10-18)19-11-7-4-8-12-19;1-8(2)9-6-4-3-5-7-9;1-2;/h3-12,17,20H,2,13-16H2,1H3;3-7H,1H2,2H3;1-2H3;1H2. The van der Waals surface area contributed by atoms with Gasteiger partial charge in [-0.2, -0.15) is 0 Å². The molecule has 0 radical (unpaired) electrons. The van der Waals surface area contributed by atoms with Crippen LogP contribution in [0.3, 0.4) is 0 Å². The number of allylic oxidation sites excluding steroid dienone is 1. The lowest BCUT2D eigenvalue weighted by atomic mass is 9.88. The first-order valence-electron chi connectivity index (χ1n) is 12.7. The Hall–Kier alpha value is -3.17. The molecule has 35 heavy (non-hydrogen) atoms. The number of hydrogen-bond donors (Lipinski definition) is 0. The van der Waals surface area contributed by atoms with Crippen molar-refractivity contribution in [3.8, 4) is 0 Å². The van der Waals surface area contributed by atoms with E-state index >= 15 is 0 Å². The van der Waals surface area contributed by atoms with Crippen LogP contribution in [0.1, 0.15) is 69.6 Å². The zero-order valence-corrected chi connectivity index (χ0v) is 21.9. The molecule has 3 nitrogen and oxygen atoms in total. The van der Waals surface area contributed by atoms with Crippen LogP contribution in [0.5, 0.6) is 0 Å². The van der Waals surface area contributed by atoms with Gasteiger partial charge in [-0.1, -0.05) is 124 Å². The van der Waals surface area contributed by atoms with Gasteiger partial charge in [0.25, 0.3) is 0 Å². The predicted molar refractivity (Wildman–Crippen MR) is 150 cm³/mol. The molecule has 1 aliphatic rings. The van der Waals surface area contributed by atoms with Gasteiger partial charge < -0.3 is 10.4 Å². The number of rotatable bonds is 7. The molecule has 3 heteroatoms. The number of benzene rings is 3. The van der Waals surface area contributed by atoms with Gasteiger partial charge in [0.1, 0.15) is 0 Å². The zero-order valence-electron chi connectivity index (χ0n) is 21.9. The van der Waals surface area contributed by atoms with E-state index in [4.69, 9.17) is 0 Å². The molecular weight excluding hydrogens is 430 g/mol. The molecule has 1 fully saturated rings. The van der Waals surface area contributed by atoms with Crippen LogP contribution in [0, 0.1) is 5.92 Å². The summed E-state index contributed by atoms with van der Waals surface area (Å²) in [4.78, 5) is 14.4. The van der Waals surface area contributed by atoms with Gasteiger partial charge in [0.2, 0.25) is 5.91 Å². The van der Waals surface area contributed by atoms with Crippen LogP contribution < -0.4 is 0 Å². The Kier molecular flexibility index (Phi) is 14.0. The van der Waals surface area contributed by atoms with Crippen molar-refractivity contribution in [3.63, 3.8) is 0 Å². The molecule has 0 bridgehead atoms. The molecule has 3 aromatic carbocycles. The minimum absolute atomic E-state index is 0. The van der Waals surface area contributed by atoms with E-state index in [-0.39, 0.29) is 11.4 Å². The normalized spacial score (nSPS) is 14.3. The summed E-state index contributed by atoms with van der Waals surface area (Å²) in [5.74, 6) is 0.958. The molecule has 4 rings (SSSR count). The molecule has 3 aromatic rings. The molecule has 2 N–H and O–H groups in total. The minimum Gasteiger partial charge on any atom is -0.412 e. The molecule has 0 aromatic heterocycles. The third-order valence-corrected chi connectivity index (χ3v) is 6.26. The van der Waals surface area contributed by atoms with Crippen LogP contribution in [-0.4, -0.2) is 29.4 Å². The summed E-state index contributed by atoms with van der Waals surface area (Å²) in [6, 6.07) is 31.4. The number of carbonyl (C=O) groups excluding carboxylic acids is 1. The van der Waals surface area contributed by atoms with Gasteiger partial charge in [-0.05, 0) is 42.9 Å². The lowest BCUT2D eigenvalue weighted by Crippen LogP contribution is -2.29. The van der Waals surface area contributed by atoms with Crippen molar-refractivity contribution >= 4 is 11.5 Å². The maximum Gasteiger partial charge on any atom is 0.225 e. The second kappa shape index (κ2) is 16.5. The van der Waals surface area contributed by atoms with Gasteiger partial charge in [0, 0.05) is 24.9 Å². The van der Waals surface area contributed by atoms with Crippen LogP contribution >= 0.6 is 0 Å². The molecule has 1 amide bonds. The van der Waals surface area contributed by atoms with Gasteiger partial charge in [-0.25, -0.2) is 0 Å². The fourth-order valence-corrected chi connectivity index (χ4v) is 4.31. The third kappa shape index (κ3) is 9.18. The van der Waals surface area contributed by atoms with Crippen molar-refractivity contribution in [2.24, 2.45) is 5.92 Å². The molecule has 1 atom stereocenters. The van der Waals surface area contributed by atoms with Crippen molar-refractivity contribution in [2.75, 3.05) is 13.1 Å². The van der Waals surface area contributed by atoms with E-state index in [0.29, 0.717) is 11.8 Å². The largest absolute Gasteiger partial charge is 0.412 e. The molecule has 1 aliphatic heterocycles. The summed E-state index contributed by atoms with van der Waals surface area (Å²) in [6.07, 6.45) is 2.98. The van der Waals surface area contributed by atoms with Crippen LogP contribution in [0.2, 0.25) is 0 Å². The van der Waals surface area contributed by atoms with E-state index in [1.165, 1.54) is 16.7 Å². The fraction of sp³-hybridized carbons (Fsp3) is 0.344. The molecule has 0 spiro atoms. The highest BCUT2D eigenvalue weighted by Gasteiger charge is 2.30. The second-order valence-electron chi connectivity index (χ2n) is 8.53. The summed E-state index contributed by atoms with van der Waals surface area (Å²) in [7, 11) is 0. The summed E-state index contributed by atoms with van der Waals surface area (Å²) in [6.45, 7) is 13.7. The van der Waals surface area contributed by atoms with Crippen molar-refractivity contribution < 1.29 is 10.3 Å². The Morgan fingerprint density at radius 2 is 1.34 bits per heavy atom. The quantitative estimate of drug-likeness (QED) is 0.353. The van der Waals surface area contributed by atoms with Crippen molar-refractivity contribution in [3.05, 3.63) is 114 Å². The highest BCUT2D eigenvalue weighted by Crippen LogP contribution is 2.29. The van der Waals surface area contributed by atoms with Crippen LogP contribution in [-0.2, 0) is 4.79 Å². The van der Waals surface area contributed by atoms with E-state index in [9.17, 15) is 4.79 Å². The van der Waals surface area contributed by atoms with Crippen LogP contribution in [0.25, 0.3) is 5.57 Å².